The van der Waals surface area contributed by atoms with Crippen molar-refractivity contribution in [1.82, 2.24) is 10.2 Å². The fraction of sp³-hybridized carbons (Fsp3) is 0.440. The molecule has 1 N–H and O–H groups in total. The Balaban J connectivity index is 2.47. The molecule has 0 bridgehead atoms. The molecule has 1 unspecified atom stereocenters. The number of aryl methyl sites for hydroxylation is 1. The molecule has 0 radical (unpaired) electrons. The van der Waals surface area contributed by atoms with Gasteiger partial charge in [0.25, 0.3) is 0 Å². The highest BCUT2D eigenvalue weighted by molar-refractivity contribution is 9.10. The summed E-state index contributed by atoms with van der Waals surface area (Å²) in [7, 11) is -3.82. The zero-order valence-corrected chi connectivity index (χ0v) is 23.3. The van der Waals surface area contributed by atoms with Gasteiger partial charge in [-0.25, -0.2) is 12.8 Å². The molecule has 2 aromatic rings. The summed E-state index contributed by atoms with van der Waals surface area (Å²) < 4.78 is 40.6. The van der Waals surface area contributed by atoms with E-state index in [-0.39, 0.29) is 12.5 Å². The third-order valence-corrected chi connectivity index (χ3v) is 7.29. The van der Waals surface area contributed by atoms with Crippen molar-refractivity contribution in [2.75, 3.05) is 17.1 Å². The molecule has 0 fully saturated rings. The average Bonchev–Trinajstić information content (AvgIpc) is 2.73. The second-order valence-corrected chi connectivity index (χ2v) is 12.3. The van der Waals surface area contributed by atoms with Gasteiger partial charge in [0.15, 0.2) is 0 Å². The van der Waals surface area contributed by atoms with E-state index in [1.165, 1.54) is 29.2 Å². The van der Waals surface area contributed by atoms with Gasteiger partial charge in [-0.15, -0.1) is 0 Å². The Morgan fingerprint density at radius 3 is 2.20 bits per heavy atom. The predicted octanol–water partition coefficient (Wildman–Crippen LogP) is 4.38. The van der Waals surface area contributed by atoms with Crippen LogP contribution in [0.25, 0.3) is 0 Å². The molecular weight excluding hydrogens is 537 g/mol. The predicted molar refractivity (Wildman–Crippen MR) is 140 cm³/mol. The number of carbonyl (C=O) groups is 2. The molecule has 1 atom stereocenters. The van der Waals surface area contributed by atoms with Crippen LogP contribution in [0.4, 0.5) is 10.1 Å². The molecule has 0 saturated carbocycles. The molecule has 2 rings (SSSR count). The molecule has 10 heteroatoms. The van der Waals surface area contributed by atoms with Crippen molar-refractivity contribution >= 4 is 43.5 Å². The minimum Gasteiger partial charge on any atom is -0.350 e. The van der Waals surface area contributed by atoms with Crippen LogP contribution in [0.3, 0.4) is 0 Å². The lowest BCUT2D eigenvalue weighted by Crippen LogP contribution is -2.55. The maximum Gasteiger partial charge on any atom is 0.244 e. The number of rotatable bonds is 9. The van der Waals surface area contributed by atoms with Gasteiger partial charge in [0.1, 0.15) is 18.4 Å². The van der Waals surface area contributed by atoms with E-state index in [9.17, 15) is 22.4 Å². The summed E-state index contributed by atoms with van der Waals surface area (Å²) in [6.07, 6.45) is 1.34. The van der Waals surface area contributed by atoms with Crippen LogP contribution in [0.15, 0.2) is 46.9 Å². The summed E-state index contributed by atoms with van der Waals surface area (Å²) in [6.45, 7) is 8.65. The van der Waals surface area contributed by atoms with Crippen LogP contribution in [0, 0.1) is 12.7 Å². The zero-order chi connectivity index (χ0) is 26.6. The summed E-state index contributed by atoms with van der Waals surface area (Å²) in [5.74, 6) is -1.31. The number of benzene rings is 2. The second-order valence-electron chi connectivity index (χ2n) is 9.51. The molecular formula is C25H33BrFN3O4S. The van der Waals surface area contributed by atoms with Crippen molar-refractivity contribution in [3.8, 4) is 0 Å². The molecule has 0 aromatic heterocycles. The summed E-state index contributed by atoms with van der Waals surface area (Å²) in [5.41, 5.74) is 1.24. The van der Waals surface area contributed by atoms with Gasteiger partial charge in [-0.1, -0.05) is 35.0 Å². The van der Waals surface area contributed by atoms with Crippen molar-refractivity contribution < 1.29 is 22.4 Å². The maximum absolute atomic E-state index is 13.6. The largest absolute Gasteiger partial charge is 0.350 e. The first kappa shape index (κ1) is 28.8. The van der Waals surface area contributed by atoms with Crippen LogP contribution in [-0.2, 0) is 26.2 Å². The van der Waals surface area contributed by atoms with E-state index >= 15 is 0 Å². The summed E-state index contributed by atoms with van der Waals surface area (Å²) >= 11 is 3.40. The monoisotopic (exact) mass is 569 g/mol. The van der Waals surface area contributed by atoms with Crippen molar-refractivity contribution in [1.29, 1.82) is 0 Å². The number of hydrogen-bond donors (Lipinski definition) is 1. The van der Waals surface area contributed by atoms with E-state index in [2.05, 4.69) is 21.2 Å². The smallest absolute Gasteiger partial charge is 0.244 e. The van der Waals surface area contributed by atoms with Crippen molar-refractivity contribution in [2.45, 2.75) is 59.2 Å². The van der Waals surface area contributed by atoms with Crippen LogP contribution >= 0.6 is 15.9 Å². The third kappa shape index (κ3) is 8.31. The van der Waals surface area contributed by atoms with Crippen LogP contribution < -0.4 is 9.62 Å². The van der Waals surface area contributed by atoms with Gasteiger partial charge in [0.05, 0.1) is 11.9 Å². The Bertz CT molecular complexity index is 1160. The Morgan fingerprint density at radius 2 is 1.71 bits per heavy atom. The van der Waals surface area contributed by atoms with Crippen molar-refractivity contribution in [2.24, 2.45) is 0 Å². The molecule has 0 spiro atoms. The summed E-state index contributed by atoms with van der Waals surface area (Å²) in [5, 5.41) is 2.90. The first-order valence-electron chi connectivity index (χ1n) is 11.2. The SMILES string of the molecule is CCC(C(=O)NC(C)(C)C)N(Cc1ccc(F)cc1)C(=O)CN(c1ccc(Br)c(C)c1)S(C)(=O)=O. The van der Waals surface area contributed by atoms with E-state index < -0.39 is 39.9 Å². The first-order valence-corrected chi connectivity index (χ1v) is 13.9. The lowest BCUT2D eigenvalue weighted by atomic mass is 10.1. The van der Waals surface area contributed by atoms with Crippen molar-refractivity contribution in [3.05, 3.63) is 63.9 Å². The Hall–Kier alpha value is -2.46. The highest BCUT2D eigenvalue weighted by Gasteiger charge is 2.33. The lowest BCUT2D eigenvalue weighted by molar-refractivity contribution is -0.141. The standard InChI is InChI=1S/C25H33BrFN3O4S/c1-7-22(24(32)28-25(3,4)5)29(15-18-8-10-19(27)11-9-18)23(31)16-30(35(6,33)34)20-12-13-21(26)17(2)14-20/h8-14,22H,7,15-16H2,1-6H3,(H,28,32). The van der Waals surface area contributed by atoms with Crippen LogP contribution in [-0.4, -0.2) is 49.5 Å². The summed E-state index contributed by atoms with van der Waals surface area (Å²) in [6, 6.07) is 9.79. The Kier molecular flexibility index (Phi) is 9.47. The molecule has 35 heavy (non-hydrogen) atoms. The number of halogens is 2. The fourth-order valence-electron chi connectivity index (χ4n) is 3.56. The van der Waals surface area contributed by atoms with Gasteiger partial charge < -0.3 is 10.2 Å². The number of amides is 2. The summed E-state index contributed by atoms with van der Waals surface area (Å²) in [4.78, 5) is 28.1. The molecule has 0 aliphatic rings. The van der Waals surface area contributed by atoms with Gasteiger partial charge in [-0.2, -0.15) is 0 Å². The van der Waals surface area contributed by atoms with Gasteiger partial charge in [-0.05, 0) is 75.6 Å². The molecule has 0 aliphatic heterocycles. The second kappa shape index (κ2) is 11.5. The van der Waals surface area contributed by atoms with Gasteiger partial charge in [0, 0.05) is 16.6 Å². The van der Waals surface area contributed by atoms with Crippen LogP contribution in [0.5, 0.6) is 0 Å². The quantitative estimate of drug-likeness (QED) is 0.485. The van der Waals surface area contributed by atoms with Crippen molar-refractivity contribution in [3.63, 3.8) is 0 Å². The maximum atomic E-state index is 13.6. The zero-order valence-electron chi connectivity index (χ0n) is 20.9. The average molecular weight is 571 g/mol. The minimum absolute atomic E-state index is 0.0200. The lowest BCUT2D eigenvalue weighted by Gasteiger charge is -2.34. The molecule has 0 heterocycles. The first-order chi connectivity index (χ1) is 16.1. The van der Waals surface area contributed by atoms with E-state index in [0.29, 0.717) is 17.7 Å². The Morgan fingerprint density at radius 1 is 1.11 bits per heavy atom. The highest BCUT2D eigenvalue weighted by atomic mass is 79.9. The Labute approximate surface area is 215 Å². The number of nitrogens with zero attached hydrogens (tertiary/aromatic N) is 2. The molecule has 7 nitrogen and oxygen atoms in total. The van der Waals surface area contributed by atoms with Gasteiger partial charge in [0.2, 0.25) is 21.8 Å². The van der Waals surface area contributed by atoms with E-state index in [0.717, 1.165) is 20.6 Å². The number of sulfonamides is 1. The molecule has 0 saturated heterocycles. The molecule has 2 aromatic carbocycles. The van der Waals surface area contributed by atoms with Crippen LogP contribution in [0.1, 0.15) is 45.2 Å². The topological polar surface area (TPSA) is 86.8 Å². The molecule has 192 valence electrons. The molecule has 0 aliphatic carbocycles. The van der Waals surface area contributed by atoms with Crippen LogP contribution in [0.2, 0.25) is 0 Å². The third-order valence-electron chi connectivity index (χ3n) is 5.26. The number of carbonyl (C=O) groups excluding carboxylic acids is 2. The van der Waals surface area contributed by atoms with Gasteiger partial charge >= 0.3 is 0 Å². The normalized spacial score (nSPS) is 12.7. The highest BCUT2D eigenvalue weighted by Crippen LogP contribution is 2.25. The number of anilines is 1. The number of hydrogen-bond acceptors (Lipinski definition) is 4. The molecule has 2 amide bonds. The van der Waals surface area contributed by atoms with Gasteiger partial charge in [-0.3, -0.25) is 13.9 Å². The van der Waals surface area contributed by atoms with E-state index in [1.807, 2.05) is 27.7 Å². The van der Waals surface area contributed by atoms with E-state index in [1.54, 1.807) is 25.1 Å². The number of nitrogens with one attached hydrogen (secondary N) is 1. The minimum atomic E-state index is -3.82. The van der Waals surface area contributed by atoms with E-state index in [4.69, 9.17) is 0 Å². The fourth-order valence-corrected chi connectivity index (χ4v) is 4.64.